The Balaban J connectivity index is 1.89. The number of ether oxygens (including phenoxy) is 1. The van der Waals surface area contributed by atoms with Crippen molar-refractivity contribution in [3.63, 3.8) is 0 Å². The molecule has 2 fully saturated rings. The zero-order chi connectivity index (χ0) is 14.7. The molecule has 1 aromatic rings. The van der Waals surface area contributed by atoms with Gasteiger partial charge in [-0.05, 0) is 32.1 Å². The van der Waals surface area contributed by atoms with Crippen LogP contribution in [0.2, 0.25) is 0 Å². The Morgan fingerprint density at radius 3 is 2.48 bits per heavy atom. The van der Waals surface area contributed by atoms with Gasteiger partial charge in [0, 0.05) is 31.6 Å². The number of nitrogen functional groups attached to an aromatic ring is 1. The summed E-state index contributed by atoms with van der Waals surface area (Å²) >= 11 is 0. The van der Waals surface area contributed by atoms with Crippen LogP contribution in [0.4, 0.5) is 5.82 Å². The fourth-order valence-corrected chi connectivity index (χ4v) is 3.91. The quantitative estimate of drug-likeness (QED) is 0.917. The van der Waals surface area contributed by atoms with E-state index in [0.29, 0.717) is 11.8 Å². The molecule has 1 saturated carbocycles. The number of imidazole rings is 1. The summed E-state index contributed by atoms with van der Waals surface area (Å²) in [5.74, 6) is 3.33. The summed E-state index contributed by atoms with van der Waals surface area (Å²) in [6, 6.07) is 0. The lowest BCUT2D eigenvalue weighted by Crippen LogP contribution is -2.16. The van der Waals surface area contributed by atoms with Crippen LogP contribution in [0.15, 0.2) is 0 Å². The summed E-state index contributed by atoms with van der Waals surface area (Å²) in [6.45, 7) is 4.93. The number of rotatable bonds is 4. The first-order chi connectivity index (χ1) is 10.3. The second kappa shape index (κ2) is 6.82. The molecule has 1 aliphatic carbocycles. The van der Waals surface area contributed by atoms with Crippen LogP contribution >= 0.6 is 0 Å². The molecule has 0 unspecified atom stereocenters. The molecule has 0 bridgehead atoms. The van der Waals surface area contributed by atoms with E-state index in [2.05, 4.69) is 11.5 Å². The summed E-state index contributed by atoms with van der Waals surface area (Å²) < 4.78 is 7.81. The molecule has 0 radical (unpaired) electrons. The lowest BCUT2D eigenvalue weighted by molar-refractivity contribution is 0.0847. The molecule has 4 nitrogen and oxygen atoms in total. The van der Waals surface area contributed by atoms with Crippen molar-refractivity contribution in [3.05, 3.63) is 11.5 Å². The standard InChI is InChI=1S/C17H29N3O/c1-2-10-20-16(18)15(13-8-11-21-12-9-13)19-17(20)14-6-4-3-5-7-14/h13-14H,2-12,18H2,1H3. The van der Waals surface area contributed by atoms with Crippen molar-refractivity contribution < 1.29 is 4.74 Å². The third-order valence-corrected chi connectivity index (χ3v) is 5.09. The normalized spacial score (nSPS) is 21.8. The van der Waals surface area contributed by atoms with Crippen LogP contribution in [-0.2, 0) is 11.3 Å². The van der Waals surface area contributed by atoms with Crippen molar-refractivity contribution >= 4 is 5.82 Å². The summed E-state index contributed by atoms with van der Waals surface area (Å²) in [4.78, 5) is 5.06. The molecule has 1 aliphatic heterocycles. The minimum atomic E-state index is 0.499. The molecule has 1 saturated heterocycles. The molecule has 0 atom stereocenters. The van der Waals surface area contributed by atoms with Crippen LogP contribution in [0.3, 0.4) is 0 Å². The first-order valence-electron chi connectivity index (χ1n) is 8.74. The highest BCUT2D eigenvalue weighted by atomic mass is 16.5. The van der Waals surface area contributed by atoms with Gasteiger partial charge in [0.1, 0.15) is 11.6 Å². The molecule has 1 aromatic heterocycles. The van der Waals surface area contributed by atoms with Crippen molar-refractivity contribution in [2.24, 2.45) is 0 Å². The smallest absolute Gasteiger partial charge is 0.127 e. The van der Waals surface area contributed by atoms with Gasteiger partial charge in [0.05, 0.1) is 5.69 Å². The third kappa shape index (κ3) is 3.10. The largest absolute Gasteiger partial charge is 0.384 e. The van der Waals surface area contributed by atoms with Gasteiger partial charge in [-0.3, -0.25) is 0 Å². The van der Waals surface area contributed by atoms with E-state index in [-0.39, 0.29) is 0 Å². The number of nitrogens with two attached hydrogens (primary N) is 1. The van der Waals surface area contributed by atoms with Crippen molar-refractivity contribution in [2.75, 3.05) is 18.9 Å². The predicted molar refractivity (Wildman–Crippen MR) is 85.6 cm³/mol. The first kappa shape index (κ1) is 14.9. The first-order valence-corrected chi connectivity index (χ1v) is 8.74. The molecule has 3 rings (SSSR count). The van der Waals surface area contributed by atoms with E-state index >= 15 is 0 Å². The van der Waals surface area contributed by atoms with Gasteiger partial charge in [-0.1, -0.05) is 26.2 Å². The van der Waals surface area contributed by atoms with Crippen molar-refractivity contribution in [3.8, 4) is 0 Å². The van der Waals surface area contributed by atoms with Gasteiger partial charge in [-0.2, -0.15) is 0 Å². The van der Waals surface area contributed by atoms with Crippen LogP contribution in [0, 0.1) is 0 Å². The summed E-state index contributed by atoms with van der Waals surface area (Å²) in [5, 5.41) is 0. The van der Waals surface area contributed by atoms with Gasteiger partial charge in [0.25, 0.3) is 0 Å². The lowest BCUT2D eigenvalue weighted by atomic mass is 9.88. The predicted octanol–water partition coefficient (Wildman–Crippen LogP) is 3.82. The number of anilines is 1. The molecule has 0 aromatic carbocycles. The maximum atomic E-state index is 6.49. The van der Waals surface area contributed by atoms with Crippen molar-refractivity contribution in [1.29, 1.82) is 0 Å². The average molecular weight is 291 g/mol. The Kier molecular flexibility index (Phi) is 4.84. The molecular formula is C17H29N3O. The number of hydrogen-bond donors (Lipinski definition) is 1. The zero-order valence-corrected chi connectivity index (χ0v) is 13.3. The maximum Gasteiger partial charge on any atom is 0.127 e. The third-order valence-electron chi connectivity index (χ3n) is 5.09. The van der Waals surface area contributed by atoms with E-state index in [0.717, 1.165) is 50.5 Å². The van der Waals surface area contributed by atoms with Gasteiger partial charge < -0.3 is 15.0 Å². The fourth-order valence-electron chi connectivity index (χ4n) is 3.91. The van der Waals surface area contributed by atoms with E-state index in [1.54, 1.807) is 0 Å². The SMILES string of the molecule is CCCn1c(C2CCCCC2)nc(C2CCOCC2)c1N. The lowest BCUT2D eigenvalue weighted by Gasteiger charge is -2.22. The number of nitrogens with zero attached hydrogens (tertiary/aromatic N) is 2. The van der Waals surface area contributed by atoms with E-state index < -0.39 is 0 Å². The van der Waals surface area contributed by atoms with Crippen LogP contribution in [0.5, 0.6) is 0 Å². The van der Waals surface area contributed by atoms with Crippen molar-refractivity contribution in [1.82, 2.24) is 9.55 Å². The number of hydrogen-bond acceptors (Lipinski definition) is 3. The topological polar surface area (TPSA) is 53.1 Å². The second-order valence-corrected chi connectivity index (χ2v) is 6.61. The van der Waals surface area contributed by atoms with E-state index in [1.165, 1.54) is 37.9 Å². The Bertz CT molecular complexity index is 457. The Labute approximate surface area is 128 Å². The van der Waals surface area contributed by atoms with Gasteiger partial charge in [-0.25, -0.2) is 4.98 Å². The van der Waals surface area contributed by atoms with E-state index in [9.17, 15) is 0 Å². The average Bonchev–Trinajstić information content (AvgIpc) is 2.87. The van der Waals surface area contributed by atoms with Gasteiger partial charge >= 0.3 is 0 Å². The molecular weight excluding hydrogens is 262 g/mol. The molecule has 2 aliphatic rings. The second-order valence-electron chi connectivity index (χ2n) is 6.61. The summed E-state index contributed by atoms with van der Waals surface area (Å²) in [7, 11) is 0. The van der Waals surface area contributed by atoms with Gasteiger partial charge in [-0.15, -0.1) is 0 Å². The molecule has 118 valence electrons. The van der Waals surface area contributed by atoms with Gasteiger partial charge in [0.15, 0.2) is 0 Å². The van der Waals surface area contributed by atoms with Crippen LogP contribution in [0.1, 0.15) is 81.6 Å². The van der Waals surface area contributed by atoms with E-state index in [4.69, 9.17) is 15.5 Å². The number of aromatic nitrogens is 2. The highest BCUT2D eigenvalue weighted by Gasteiger charge is 2.28. The van der Waals surface area contributed by atoms with Crippen LogP contribution in [-0.4, -0.2) is 22.8 Å². The minimum absolute atomic E-state index is 0.499. The molecule has 2 heterocycles. The molecule has 0 amide bonds. The van der Waals surface area contributed by atoms with Gasteiger partial charge in [0.2, 0.25) is 0 Å². The maximum absolute atomic E-state index is 6.49. The summed E-state index contributed by atoms with van der Waals surface area (Å²) in [6.07, 6.45) is 9.89. The monoisotopic (exact) mass is 291 g/mol. The zero-order valence-electron chi connectivity index (χ0n) is 13.3. The van der Waals surface area contributed by atoms with E-state index in [1.807, 2.05) is 0 Å². The van der Waals surface area contributed by atoms with Crippen LogP contribution in [0.25, 0.3) is 0 Å². The van der Waals surface area contributed by atoms with Crippen LogP contribution < -0.4 is 5.73 Å². The summed E-state index contributed by atoms with van der Waals surface area (Å²) in [5.41, 5.74) is 7.65. The Morgan fingerprint density at radius 1 is 1.10 bits per heavy atom. The minimum Gasteiger partial charge on any atom is -0.384 e. The molecule has 4 heteroatoms. The Hall–Kier alpha value is -1.03. The highest BCUT2D eigenvalue weighted by Crippen LogP contribution is 2.37. The highest BCUT2D eigenvalue weighted by molar-refractivity contribution is 5.41. The molecule has 0 spiro atoms. The molecule has 21 heavy (non-hydrogen) atoms. The van der Waals surface area contributed by atoms with Crippen molar-refractivity contribution in [2.45, 2.75) is 76.7 Å². The Morgan fingerprint density at radius 2 is 1.81 bits per heavy atom. The fraction of sp³-hybridized carbons (Fsp3) is 0.824. The molecule has 2 N–H and O–H groups in total.